The first-order valence-electron chi connectivity index (χ1n) is 17.3. The van der Waals surface area contributed by atoms with Gasteiger partial charge in [0.2, 0.25) is 11.8 Å². The van der Waals surface area contributed by atoms with Crippen LogP contribution in [0, 0.1) is 0 Å². The molecule has 0 spiro atoms. The number of rotatable bonds is 13. The molecule has 274 valence electrons. The summed E-state index contributed by atoms with van der Waals surface area (Å²) in [5, 5.41) is 13.1. The zero-order chi connectivity index (χ0) is 37.1. The van der Waals surface area contributed by atoms with E-state index in [0.29, 0.717) is 87.1 Å². The number of fused-ring (bicyclic) bond motifs is 1. The highest BCUT2D eigenvalue weighted by Gasteiger charge is 2.22. The van der Waals surface area contributed by atoms with E-state index in [2.05, 4.69) is 26.3 Å². The minimum absolute atomic E-state index is 0.00310. The fourth-order valence-electron chi connectivity index (χ4n) is 6.82. The third-order valence-electron chi connectivity index (χ3n) is 9.56. The molecule has 53 heavy (non-hydrogen) atoms. The van der Waals surface area contributed by atoms with Gasteiger partial charge in [-0.25, -0.2) is 4.98 Å². The molecule has 10 nitrogen and oxygen atoms in total. The molecule has 5 aromatic rings. The minimum Gasteiger partial charge on any atom is -0.434 e. The van der Waals surface area contributed by atoms with Gasteiger partial charge in [0.1, 0.15) is 11.4 Å². The summed E-state index contributed by atoms with van der Waals surface area (Å²) in [5.74, 6) is 0.0704. The van der Waals surface area contributed by atoms with Crippen molar-refractivity contribution in [2.45, 2.75) is 57.5 Å². The largest absolute Gasteiger partial charge is 0.434 e. The molecule has 2 fully saturated rings. The standard InChI is InChI=1S/C39H36Cl2F2N6O4/c40-36-28(22-7-8-24(32(15-22)53-39(42)43)17-44-20-26-9-11-34(50)47-26)3-1-5-30(36)31-6-2-4-29(37(31)41)23-13-14-49-33(16-23)46-19-25(38(49)52)18-45-21-27-10-12-35(51)48-27/h1-8,13-16,19,26-27,39,44-45H,9-12,17-18,20-21H2,(H,47,50)(H,48,51)/t26-,27+/m0/s1. The van der Waals surface area contributed by atoms with Gasteiger partial charge in [-0.05, 0) is 42.2 Å². The Bertz CT molecular complexity index is 2250. The van der Waals surface area contributed by atoms with E-state index >= 15 is 0 Å². The summed E-state index contributed by atoms with van der Waals surface area (Å²) in [7, 11) is 0. The zero-order valence-corrected chi connectivity index (χ0v) is 29.9. The van der Waals surface area contributed by atoms with Gasteiger partial charge in [-0.1, -0.05) is 71.7 Å². The predicted octanol–water partition coefficient (Wildman–Crippen LogP) is 6.34. The second-order valence-corrected chi connectivity index (χ2v) is 13.9. The smallest absolute Gasteiger partial charge is 0.387 e. The van der Waals surface area contributed by atoms with E-state index in [4.69, 9.17) is 27.9 Å². The highest BCUT2D eigenvalue weighted by molar-refractivity contribution is 6.39. The van der Waals surface area contributed by atoms with Crippen LogP contribution >= 0.6 is 23.2 Å². The lowest BCUT2D eigenvalue weighted by Crippen LogP contribution is -2.36. The first-order valence-corrected chi connectivity index (χ1v) is 18.1. The zero-order valence-electron chi connectivity index (χ0n) is 28.4. The molecule has 2 aromatic heterocycles. The minimum atomic E-state index is -3.03. The number of hydrogen-bond acceptors (Lipinski definition) is 7. The van der Waals surface area contributed by atoms with Crippen molar-refractivity contribution in [1.29, 1.82) is 0 Å². The lowest BCUT2D eigenvalue weighted by molar-refractivity contribution is -0.120. The van der Waals surface area contributed by atoms with Crippen molar-refractivity contribution < 1.29 is 23.1 Å². The Morgan fingerprint density at radius 2 is 1.34 bits per heavy atom. The second-order valence-electron chi connectivity index (χ2n) is 13.1. The number of nitrogens with zero attached hydrogens (tertiary/aromatic N) is 2. The second kappa shape index (κ2) is 16.0. The molecule has 0 aliphatic carbocycles. The molecule has 2 saturated heterocycles. The summed E-state index contributed by atoms with van der Waals surface area (Å²) >= 11 is 14.1. The highest BCUT2D eigenvalue weighted by Crippen LogP contribution is 2.43. The van der Waals surface area contributed by atoms with Gasteiger partial charge < -0.3 is 26.0 Å². The van der Waals surface area contributed by atoms with Gasteiger partial charge in [0.15, 0.2) is 0 Å². The van der Waals surface area contributed by atoms with Gasteiger partial charge >= 0.3 is 6.61 Å². The highest BCUT2D eigenvalue weighted by atomic mass is 35.5. The van der Waals surface area contributed by atoms with Gasteiger partial charge in [0.05, 0.1) is 10.0 Å². The van der Waals surface area contributed by atoms with E-state index in [9.17, 15) is 23.2 Å². The van der Waals surface area contributed by atoms with Crippen molar-refractivity contribution >= 4 is 40.7 Å². The SMILES string of the molecule is O=C1CC[C@H](CNCc2cnc3cc(-c4cccc(-c5cccc(-c6ccc(CNC[C@@H]7CCC(=O)N7)c(OC(F)F)c6)c5Cl)c4Cl)ccn3c2=O)N1. The molecule has 2 aliphatic heterocycles. The van der Waals surface area contributed by atoms with Crippen molar-refractivity contribution in [2.24, 2.45) is 0 Å². The molecule has 4 N–H and O–H groups in total. The van der Waals surface area contributed by atoms with E-state index in [0.717, 1.165) is 18.4 Å². The monoisotopic (exact) mass is 760 g/mol. The van der Waals surface area contributed by atoms with Crippen molar-refractivity contribution in [3.05, 3.63) is 111 Å². The molecule has 0 saturated carbocycles. The topological polar surface area (TPSA) is 126 Å². The molecule has 2 atom stereocenters. The lowest BCUT2D eigenvalue weighted by Gasteiger charge is -2.17. The van der Waals surface area contributed by atoms with Crippen LogP contribution in [-0.2, 0) is 22.7 Å². The van der Waals surface area contributed by atoms with Crippen LogP contribution in [0.2, 0.25) is 10.0 Å². The molecule has 0 radical (unpaired) electrons. The van der Waals surface area contributed by atoms with Crippen LogP contribution in [0.3, 0.4) is 0 Å². The predicted molar refractivity (Wildman–Crippen MR) is 200 cm³/mol. The van der Waals surface area contributed by atoms with Crippen LogP contribution in [0.5, 0.6) is 5.75 Å². The number of hydrogen-bond donors (Lipinski definition) is 4. The Balaban J connectivity index is 1.12. The third-order valence-corrected chi connectivity index (χ3v) is 10.4. The first kappa shape index (κ1) is 36.5. The number of halogens is 4. The van der Waals surface area contributed by atoms with Gasteiger partial charge in [-0.2, -0.15) is 8.78 Å². The number of nitrogens with one attached hydrogen (secondary N) is 4. The maximum Gasteiger partial charge on any atom is 0.387 e. The maximum atomic E-state index is 13.5. The van der Waals surface area contributed by atoms with Gasteiger partial charge in [-0.3, -0.25) is 18.8 Å². The van der Waals surface area contributed by atoms with Crippen molar-refractivity contribution in [3.8, 4) is 39.1 Å². The van der Waals surface area contributed by atoms with Gasteiger partial charge in [0, 0.05) is 96.9 Å². The number of benzene rings is 3. The number of amides is 2. The summed E-state index contributed by atoms with van der Waals surface area (Å²) in [6, 6.07) is 19.8. The van der Waals surface area contributed by atoms with E-state index < -0.39 is 6.61 Å². The average molecular weight is 762 g/mol. The molecule has 2 amide bonds. The Kier molecular flexibility index (Phi) is 11.0. The molecule has 0 bridgehead atoms. The van der Waals surface area contributed by atoms with Crippen LogP contribution in [0.15, 0.2) is 83.9 Å². The molecular weight excluding hydrogens is 725 g/mol. The summed E-state index contributed by atoms with van der Waals surface area (Å²) in [5.41, 5.74) is 5.22. The van der Waals surface area contributed by atoms with E-state index in [1.807, 2.05) is 30.3 Å². The number of ether oxygens (including phenoxy) is 1. The van der Waals surface area contributed by atoms with Crippen LogP contribution in [0.4, 0.5) is 8.78 Å². The summed E-state index contributed by atoms with van der Waals surface area (Å²) in [6.07, 6.45) is 5.71. The van der Waals surface area contributed by atoms with E-state index in [1.54, 1.807) is 48.8 Å². The number of aromatic nitrogens is 2. The fraction of sp³-hybridized carbons (Fsp3) is 0.282. The maximum absolute atomic E-state index is 13.5. The van der Waals surface area contributed by atoms with Crippen LogP contribution in [0.1, 0.15) is 36.8 Å². The lowest BCUT2D eigenvalue weighted by atomic mass is 9.95. The van der Waals surface area contributed by atoms with E-state index in [1.165, 1.54) is 4.40 Å². The number of carbonyl (C=O) groups excluding carboxylic acids is 2. The normalized spacial score (nSPS) is 17.1. The summed E-state index contributed by atoms with van der Waals surface area (Å²) in [4.78, 5) is 40.8. The molecule has 2 aliphatic rings. The third kappa shape index (κ3) is 8.21. The molecule has 7 rings (SSSR count). The average Bonchev–Trinajstić information content (AvgIpc) is 3.76. The van der Waals surface area contributed by atoms with E-state index in [-0.39, 0.29) is 41.8 Å². The van der Waals surface area contributed by atoms with Crippen molar-refractivity contribution in [3.63, 3.8) is 0 Å². The summed E-state index contributed by atoms with van der Waals surface area (Å²) < 4.78 is 33.4. The van der Waals surface area contributed by atoms with Crippen LogP contribution < -0.4 is 31.6 Å². The Morgan fingerprint density at radius 1 is 0.774 bits per heavy atom. The molecule has 4 heterocycles. The Hall–Kier alpha value is -4.88. The number of carbonyl (C=O) groups is 2. The summed E-state index contributed by atoms with van der Waals surface area (Å²) in [6.45, 7) is -1.36. The van der Waals surface area contributed by atoms with Crippen LogP contribution in [-0.4, -0.2) is 53.0 Å². The Labute approximate surface area is 313 Å². The number of alkyl halides is 2. The fourth-order valence-corrected chi connectivity index (χ4v) is 7.50. The van der Waals surface area contributed by atoms with Crippen molar-refractivity contribution in [2.75, 3.05) is 13.1 Å². The van der Waals surface area contributed by atoms with Crippen molar-refractivity contribution in [1.82, 2.24) is 30.7 Å². The molecule has 14 heteroatoms. The first-order chi connectivity index (χ1) is 25.6. The molecule has 0 unspecified atom stereocenters. The van der Waals surface area contributed by atoms with Gasteiger partial charge in [-0.15, -0.1) is 0 Å². The number of pyridine rings is 1. The quantitative estimate of drug-likeness (QED) is 0.110. The van der Waals surface area contributed by atoms with Crippen LogP contribution in [0.25, 0.3) is 39.0 Å². The molecule has 3 aromatic carbocycles. The molecular formula is C39H36Cl2F2N6O4. The van der Waals surface area contributed by atoms with Gasteiger partial charge in [0.25, 0.3) is 5.56 Å². The Morgan fingerprint density at radius 3 is 1.91 bits per heavy atom.